The summed E-state index contributed by atoms with van der Waals surface area (Å²) in [6, 6.07) is 6.06. The van der Waals surface area contributed by atoms with Crippen LogP contribution in [0.2, 0.25) is 0 Å². The van der Waals surface area contributed by atoms with Gasteiger partial charge in [0.15, 0.2) is 5.82 Å². The molecule has 0 unspecified atom stereocenters. The van der Waals surface area contributed by atoms with Crippen molar-refractivity contribution in [2.24, 2.45) is 5.92 Å². The number of aryl methyl sites for hydroxylation is 1. The average molecular weight is 444 g/mol. The van der Waals surface area contributed by atoms with Gasteiger partial charge in [0.25, 0.3) is 5.91 Å². The number of halogens is 1. The van der Waals surface area contributed by atoms with Gasteiger partial charge >= 0.3 is 0 Å². The lowest BCUT2D eigenvalue weighted by Gasteiger charge is -2.34. The van der Waals surface area contributed by atoms with Crippen LogP contribution in [-0.2, 0) is 17.8 Å². The van der Waals surface area contributed by atoms with Crippen LogP contribution in [-0.4, -0.2) is 75.9 Å². The van der Waals surface area contributed by atoms with Crippen molar-refractivity contribution < 1.29 is 18.5 Å². The molecule has 8 nitrogen and oxygen atoms in total. The summed E-state index contributed by atoms with van der Waals surface area (Å²) < 4.78 is 19.2. The first-order valence-electron chi connectivity index (χ1n) is 11.3. The molecule has 3 heterocycles. The van der Waals surface area contributed by atoms with Gasteiger partial charge in [-0.25, -0.2) is 4.39 Å². The molecule has 0 atom stereocenters. The number of hydrogen-bond donors (Lipinski definition) is 0. The number of benzene rings is 1. The second-order valence-corrected chi connectivity index (χ2v) is 8.72. The van der Waals surface area contributed by atoms with Crippen molar-refractivity contribution in [1.29, 1.82) is 0 Å². The molecule has 32 heavy (non-hydrogen) atoms. The number of piperidine rings is 1. The van der Waals surface area contributed by atoms with Gasteiger partial charge in [0, 0.05) is 52.1 Å². The Morgan fingerprint density at radius 1 is 1.06 bits per heavy atom. The Bertz CT molecular complexity index is 933. The van der Waals surface area contributed by atoms with E-state index in [-0.39, 0.29) is 17.4 Å². The zero-order valence-corrected chi connectivity index (χ0v) is 18.5. The van der Waals surface area contributed by atoms with Gasteiger partial charge in [-0.15, -0.1) is 0 Å². The molecule has 172 valence electrons. The summed E-state index contributed by atoms with van der Waals surface area (Å²) in [4.78, 5) is 35.1. The van der Waals surface area contributed by atoms with Crippen molar-refractivity contribution in [3.05, 3.63) is 47.4 Å². The smallest absolute Gasteiger partial charge is 0.256 e. The zero-order chi connectivity index (χ0) is 22.5. The summed E-state index contributed by atoms with van der Waals surface area (Å²) in [5, 5.41) is 4.04. The van der Waals surface area contributed by atoms with E-state index in [0.717, 1.165) is 25.9 Å². The fourth-order valence-electron chi connectivity index (χ4n) is 4.20. The van der Waals surface area contributed by atoms with E-state index in [2.05, 4.69) is 22.0 Å². The van der Waals surface area contributed by atoms with Crippen molar-refractivity contribution in [1.82, 2.24) is 24.8 Å². The highest BCUT2D eigenvalue weighted by Crippen LogP contribution is 2.17. The summed E-state index contributed by atoms with van der Waals surface area (Å²) in [6.07, 6.45) is 2.96. The molecular weight excluding hydrogens is 413 g/mol. The first-order chi connectivity index (χ1) is 15.5. The summed E-state index contributed by atoms with van der Waals surface area (Å²) in [5.41, 5.74) is 0.109. The molecule has 0 aliphatic carbocycles. The Morgan fingerprint density at radius 3 is 2.50 bits per heavy atom. The second-order valence-electron chi connectivity index (χ2n) is 8.72. The Hall–Kier alpha value is -2.81. The summed E-state index contributed by atoms with van der Waals surface area (Å²) in [6.45, 7) is 6.74. The van der Waals surface area contributed by atoms with Crippen LogP contribution in [0.25, 0.3) is 0 Å². The van der Waals surface area contributed by atoms with Gasteiger partial charge in [-0.05, 0) is 30.9 Å². The number of amides is 2. The van der Waals surface area contributed by atoms with Crippen molar-refractivity contribution in [2.75, 3.05) is 39.3 Å². The summed E-state index contributed by atoms with van der Waals surface area (Å²) in [5.74, 6) is 1.12. The van der Waals surface area contributed by atoms with Gasteiger partial charge in [-0.3, -0.25) is 14.5 Å². The highest BCUT2D eigenvalue weighted by molar-refractivity contribution is 5.94. The Balaban J connectivity index is 1.21. The van der Waals surface area contributed by atoms with Crippen molar-refractivity contribution in [3.63, 3.8) is 0 Å². The van der Waals surface area contributed by atoms with Crippen molar-refractivity contribution in [2.45, 2.75) is 39.2 Å². The Morgan fingerprint density at radius 2 is 1.78 bits per heavy atom. The van der Waals surface area contributed by atoms with Gasteiger partial charge in [-0.2, -0.15) is 4.98 Å². The number of hydrogen-bond acceptors (Lipinski definition) is 6. The van der Waals surface area contributed by atoms with Gasteiger partial charge in [0.2, 0.25) is 11.8 Å². The quantitative estimate of drug-likeness (QED) is 0.682. The molecule has 0 saturated carbocycles. The minimum absolute atomic E-state index is 0.109. The number of likely N-dealkylation sites (tertiary alicyclic amines) is 1. The number of carbonyl (C=O) groups excluding carboxylic acids is 2. The van der Waals surface area contributed by atoms with Crippen LogP contribution in [0.4, 0.5) is 4.39 Å². The molecule has 2 amide bonds. The van der Waals surface area contributed by atoms with E-state index < -0.39 is 5.82 Å². The molecule has 4 rings (SSSR count). The third-order valence-electron chi connectivity index (χ3n) is 6.33. The maximum absolute atomic E-state index is 13.9. The molecule has 2 saturated heterocycles. The number of aromatic nitrogens is 2. The molecule has 0 radical (unpaired) electrons. The van der Waals surface area contributed by atoms with Crippen LogP contribution in [0.15, 0.2) is 28.8 Å². The lowest BCUT2D eigenvalue weighted by Crippen LogP contribution is -2.48. The average Bonchev–Trinajstić information content (AvgIpc) is 3.25. The second kappa shape index (κ2) is 10.2. The van der Waals surface area contributed by atoms with Gasteiger partial charge < -0.3 is 14.3 Å². The van der Waals surface area contributed by atoms with Crippen LogP contribution in [0.1, 0.15) is 48.3 Å². The molecule has 2 fully saturated rings. The summed E-state index contributed by atoms with van der Waals surface area (Å²) >= 11 is 0. The van der Waals surface area contributed by atoms with Crippen molar-refractivity contribution in [3.8, 4) is 0 Å². The molecule has 1 aromatic heterocycles. The molecule has 0 N–H and O–H groups in total. The van der Waals surface area contributed by atoms with E-state index in [4.69, 9.17) is 4.52 Å². The van der Waals surface area contributed by atoms with E-state index in [1.807, 2.05) is 4.90 Å². The van der Waals surface area contributed by atoms with Crippen molar-refractivity contribution >= 4 is 11.8 Å². The third-order valence-corrected chi connectivity index (χ3v) is 6.33. The lowest BCUT2D eigenvalue weighted by atomic mass is 9.99. The normalized spacial score (nSPS) is 18.2. The predicted octanol–water partition coefficient (Wildman–Crippen LogP) is 2.36. The molecule has 2 aromatic rings. The largest absolute Gasteiger partial charge is 0.343 e. The fourth-order valence-corrected chi connectivity index (χ4v) is 4.20. The molecule has 1 aromatic carbocycles. The van der Waals surface area contributed by atoms with E-state index >= 15 is 0 Å². The zero-order valence-electron chi connectivity index (χ0n) is 18.5. The molecule has 2 aliphatic heterocycles. The number of nitrogens with zero attached hydrogens (tertiary/aromatic N) is 5. The highest BCUT2D eigenvalue weighted by atomic mass is 19.1. The van der Waals surface area contributed by atoms with E-state index in [9.17, 15) is 14.0 Å². The monoisotopic (exact) mass is 443 g/mol. The molecule has 2 aliphatic rings. The van der Waals surface area contributed by atoms with E-state index in [1.54, 1.807) is 17.0 Å². The number of rotatable bonds is 6. The lowest BCUT2D eigenvalue weighted by molar-refractivity contribution is -0.132. The van der Waals surface area contributed by atoms with Crippen LogP contribution in [0.3, 0.4) is 0 Å². The van der Waals surface area contributed by atoms with Crippen LogP contribution in [0.5, 0.6) is 0 Å². The maximum atomic E-state index is 13.9. The van der Waals surface area contributed by atoms with Crippen LogP contribution >= 0.6 is 0 Å². The first kappa shape index (κ1) is 22.4. The first-order valence-corrected chi connectivity index (χ1v) is 11.3. The topological polar surface area (TPSA) is 82.8 Å². The van der Waals surface area contributed by atoms with E-state index in [0.29, 0.717) is 63.2 Å². The standard InChI is InChI=1S/C23H30FN5O3/c1-17-8-10-28(11-9-17)22(30)7-6-21-25-20(26-32-21)16-27-12-14-29(15-13-27)23(31)18-4-2-3-5-19(18)24/h2-5,17H,6-16H2,1H3. The maximum Gasteiger partial charge on any atom is 0.256 e. The number of carbonyl (C=O) groups is 2. The van der Waals surface area contributed by atoms with Crippen LogP contribution in [0, 0.1) is 11.7 Å². The van der Waals surface area contributed by atoms with Gasteiger partial charge in [-0.1, -0.05) is 24.2 Å². The predicted molar refractivity (Wildman–Crippen MR) is 115 cm³/mol. The number of piperazine rings is 1. The molecular formula is C23H30FN5O3. The Kier molecular flexibility index (Phi) is 7.14. The van der Waals surface area contributed by atoms with Gasteiger partial charge in [0.1, 0.15) is 5.82 Å². The molecule has 0 bridgehead atoms. The summed E-state index contributed by atoms with van der Waals surface area (Å²) in [7, 11) is 0. The van der Waals surface area contributed by atoms with E-state index in [1.165, 1.54) is 12.1 Å². The van der Waals surface area contributed by atoms with Crippen LogP contribution < -0.4 is 0 Å². The third kappa shape index (κ3) is 5.51. The Labute approximate surface area is 187 Å². The fraction of sp³-hybridized carbons (Fsp3) is 0.565. The highest BCUT2D eigenvalue weighted by Gasteiger charge is 2.25. The molecule has 9 heteroatoms. The molecule has 0 spiro atoms. The SMILES string of the molecule is CC1CCN(C(=O)CCc2nc(CN3CCN(C(=O)c4ccccc4F)CC3)no2)CC1. The van der Waals surface area contributed by atoms with Gasteiger partial charge in [0.05, 0.1) is 12.1 Å². The minimum atomic E-state index is -0.493. The minimum Gasteiger partial charge on any atom is -0.343 e.